The molecular weight excluding hydrogens is 116 g/mol. The summed E-state index contributed by atoms with van der Waals surface area (Å²) in [6.45, 7) is 0. The number of carbonyl (C=O) groups is 1. The summed E-state index contributed by atoms with van der Waals surface area (Å²) in [4.78, 5) is 10.5. The Morgan fingerprint density at radius 1 is 1.44 bits per heavy atom. The van der Waals surface area contributed by atoms with Crippen LogP contribution < -0.4 is 0 Å². The van der Waals surface area contributed by atoms with E-state index < -0.39 is 0 Å². The topological polar surface area (TPSA) is 41.8 Å². The maximum Gasteiger partial charge on any atom is 0.268 e. The summed E-state index contributed by atoms with van der Waals surface area (Å²) in [6.07, 6.45) is 7.09. The van der Waals surface area contributed by atoms with Gasteiger partial charge in [-0.1, -0.05) is 12.2 Å². The highest BCUT2D eigenvalue weighted by Crippen LogP contribution is 1.93. The zero-order valence-corrected chi connectivity index (χ0v) is 4.82. The maximum absolute atomic E-state index is 10.5. The standard InChI is InChI=1S/C6H6N2O/c9-6-4-2-1-3-5-7-8-6/h1-3,5H,4H2. The van der Waals surface area contributed by atoms with E-state index in [1.54, 1.807) is 18.2 Å². The highest BCUT2D eigenvalue weighted by atomic mass is 16.1. The van der Waals surface area contributed by atoms with E-state index in [0.717, 1.165) is 0 Å². The Morgan fingerprint density at radius 2 is 2.33 bits per heavy atom. The first-order valence-electron chi connectivity index (χ1n) is 2.65. The van der Waals surface area contributed by atoms with Crippen molar-refractivity contribution in [2.45, 2.75) is 6.42 Å². The van der Waals surface area contributed by atoms with Crippen LogP contribution in [0.3, 0.4) is 0 Å². The van der Waals surface area contributed by atoms with Crippen molar-refractivity contribution in [3.8, 4) is 0 Å². The normalized spacial score (nSPS) is 17.6. The second-order valence-electron chi connectivity index (χ2n) is 1.58. The Labute approximate surface area is 52.8 Å². The lowest BCUT2D eigenvalue weighted by molar-refractivity contribution is -0.117. The van der Waals surface area contributed by atoms with Gasteiger partial charge in [0.05, 0.1) is 0 Å². The fourth-order valence-electron chi connectivity index (χ4n) is 0.474. The van der Waals surface area contributed by atoms with Gasteiger partial charge in [-0.2, -0.15) is 5.11 Å². The molecule has 0 bridgehead atoms. The summed E-state index contributed by atoms with van der Waals surface area (Å²) in [5.41, 5.74) is 0. The van der Waals surface area contributed by atoms with E-state index in [1.165, 1.54) is 6.20 Å². The Bertz CT molecular complexity index is 191. The number of allylic oxidation sites excluding steroid dienone is 2. The zero-order valence-electron chi connectivity index (χ0n) is 4.82. The van der Waals surface area contributed by atoms with Gasteiger partial charge in [0.1, 0.15) is 0 Å². The minimum absolute atomic E-state index is 0.199. The molecular formula is C6H6N2O. The molecule has 1 aliphatic rings. The average Bonchev–Trinajstić information content (AvgIpc) is 1.79. The van der Waals surface area contributed by atoms with Gasteiger partial charge in [0, 0.05) is 12.6 Å². The summed E-state index contributed by atoms with van der Waals surface area (Å²) in [7, 11) is 0. The lowest BCUT2D eigenvalue weighted by Crippen LogP contribution is -1.87. The molecule has 0 spiro atoms. The van der Waals surface area contributed by atoms with E-state index >= 15 is 0 Å². The monoisotopic (exact) mass is 122 g/mol. The van der Waals surface area contributed by atoms with Crippen LogP contribution in [0, 0.1) is 0 Å². The van der Waals surface area contributed by atoms with E-state index in [0.29, 0.717) is 6.42 Å². The van der Waals surface area contributed by atoms with Crippen LogP contribution in [-0.4, -0.2) is 5.91 Å². The molecule has 3 nitrogen and oxygen atoms in total. The minimum Gasteiger partial charge on any atom is -0.271 e. The third kappa shape index (κ3) is 1.99. The Morgan fingerprint density at radius 3 is 3.22 bits per heavy atom. The predicted octanol–water partition coefficient (Wildman–Crippen LogP) is 1.44. The Kier molecular flexibility index (Phi) is 1.90. The lowest BCUT2D eigenvalue weighted by Gasteiger charge is -1.85. The van der Waals surface area contributed by atoms with Gasteiger partial charge in [0.25, 0.3) is 5.91 Å². The molecule has 0 aliphatic carbocycles. The number of hydrogen-bond donors (Lipinski definition) is 0. The molecule has 0 N–H and O–H groups in total. The SMILES string of the molecule is O=C1CC=CC=CN=N1. The lowest BCUT2D eigenvalue weighted by atomic mass is 10.3. The molecule has 0 atom stereocenters. The molecule has 3 heteroatoms. The maximum atomic E-state index is 10.5. The number of rotatable bonds is 0. The molecule has 0 fully saturated rings. The second-order valence-corrected chi connectivity index (χ2v) is 1.58. The van der Waals surface area contributed by atoms with Crippen LogP contribution in [0.4, 0.5) is 0 Å². The van der Waals surface area contributed by atoms with Crippen molar-refractivity contribution in [2.24, 2.45) is 10.2 Å². The largest absolute Gasteiger partial charge is 0.271 e. The van der Waals surface area contributed by atoms with Crippen molar-refractivity contribution in [3.63, 3.8) is 0 Å². The third-order valence-electron chi connectivity index (χ3n) is 0.862. The van der Waals surface area contributed by atoms with Crippen LogP contribution >= 0.6 is 0 Å². The zero-order chi connectivity index (χ0) is 6.53. The molecule has 1 rings (SSSR count). The highest BCUT2D eigenvalue weighted by Gasteiger charge is 1.92. The molecule has 1 aliphatic heterocycles. The van der Waals surface area contributed by atoms with E-state index in [-0.39, 0.29) is 5.91 Å². The minimum atomic E-state index is -0.199. The summed E-state index contributed by atoms with van der Waals surface area (Å²) in [5, 5.41) is 6.79. The quantitative estimate of drug-likeness (QED) is 0.479. The van der Waals surface area contributed by atoms with Crippen LogP contribution in [0.25, 0.3) is 0 Å². The van der Waals surface area contributed by atoms with E-state index in [2.05, 4.69) is 10.2 Å². The van der Waals surface area contributed by atoms with Gasteiger partial charge in [-0.25, -0.2) is 0 Å². The molecule has 0 radical (unpaired) electrons. The van der Waals surface area contributed by atoms with Crippen molar-refractivity contribution in [3.05, 3.63) is 24.4 Å². The first-order valence-corrected chi connectivity index (χ1v) is 2.65. The molecule has 9 heavy (non-hydrogen) atoms. The third-order valence-corrected chi connectivity index (χ3v) is 0.862. The first kappa shape index (κ1) is 5.88. The molecule has 0 unspecified atom stereocenters. The molecule has 0 saturated carbocycles. The predicted molar refractivity (Wildman–Crippen MR) is 32.8 cm³/mol. The molecule has 1 amide bonds. The van der Waals surface area contributed by atoms with Crippen LogP contribution in [0.15, 0.2) is 34.7 Å². The average molecular weight is 122 g/mol. The van der Waals surface area contributed by atoms with Crippen molar-refractivity contribution in [1.29, 1.82) is 0 Å². The summed E-state index contributed by atoms with van der Waals surface area (Å²) < 4.78 is 0. The van der Waals surface area contributed by atoms with Gasteiger partial charge >= 0.3 is 0 Å². The van der Waals surface area contributed by atoms with E-state index in [1.807, 2.05) is 0 Å². The Hall–Kier alpha value is -1.25. The highest BCUT2D eigenvalue weighted by molar-refractivity contribution is 5.77. The van der Waals surface area contributed by atoms with Crippen LogP contribution in [0.1, 0.15) is 6.42 Å². The van der Waals surface area contributed by atoms with Gasteiger partial charge in [-0.3, -0.25) is 4.79 Å². The van der Waals surface area contributed by atoms with Crippen molar-refractivity contribution in [1.82, 2.24) is 0 Å². The number of carbonyl (C=O) groups excluding carboxylic acids is 1. The van der Waals surface area contributed by atoms with Crippen molar-refractivity contribution >= 4 is 5.91 Å². The van der Waals surface area contributed by atoms with Gasteiger partial charge < -0.3 is 0 Å². The molecule has 0 saturated heterocycles. The summed E-state index contributed by atoms with van der Waals surface area (Å²) in [6, 6.07) is 0. The van der Waals surface area contributed by atoms with Gasteiger partial charge in [0.2, 0.25) is 0 Å². The van der Waals surface area contributed by atoms with Gasteiger partial charge in [0.15, 0.2) is 0 Å². The summed E-state index contributed by atoms with van der Waals surface area (Å²) >= 11 is 0. The van der Waals surface area contributed by atoms with Gasteiger partial charge in [-0.15, -0.1) is 5.11 Å². The molecule has 46 valence electrons. The number of azo groups is 1. The molecule has 1 heterocycles. The second kappa shape index (κ2) is 2.91. The van der Waals surface area contributed by atoms with E-state index in [4.69, 9.17) is 0 Å². The van der Waals surface area contributed by atoms with E-state index in [9.17, 15) is 4.79 Å². The first-order chi connectivity index (χ1) is 4.39. The number of hydrogen-bond acceptors (Lipinski definition) is 2. The van der Waals surface area contributed by atoms with Crippen LogP contribution in [0.2, 0.25) is 0 Å². The van der Waals surface area contributed by atoms with Gasteiger partial charge in [-0.05, 0) is 6.08 Å². The number of nitrogens with zero attached hydrogens (tertiary/aromatic N) is 2. The molecule has 0 aromatic rings. The van der Waals surface area contributed by atoms with Crippen LogP contribution in [0.5, 0.6) is 0 Å². The fourth-order valence-corrected chi connectivity index (χ4v) is 0.474. The van der Waals surface area contributed by atoms with Crippen LogP contribution in [-0.2, 0) is 4.79 Å². The molecule has 0 aromatic heterocycles. The van der Waals surface area contributed by atoms with Crippen molar-refractivity contribution < 1.29 is 4.79 Å². The van der Waals surface area contributed by atoms with Crippen molar-refractivity contribution in [2.75, 3.05) is 0 Å². The summed E-state index contributed by atoms with van der Waals surface area (Å²) in [5.74, 6) is -0.199. The fraction of sp³-hybridized carbons (Fsp3) is 0.167. The Balaban J connectivity index is 2.70. The molecule has 0 aromatic carbocycles. The number of amides is 1. The smallest absolute Gasteiger partial charge is 0.268 e.